The second-order valence-corrected chi connectivity index (χ2v) is 5.67. The van der Waals surface area contributed by atoms with Gasteiger partial charge in [-0.1, -0.05) is 17.7 Å². The summed E-state index contributed by atoms with van der Waals surface area (Å²) in [4.78, 5) is 0. The van der Waals surface area contributed by atoms with E-state index in [9.17, 15) is 8.78 Å². The highest BCUT2D eigenvalue weighted by Crippen LogP contribution is 2.34. The van der Waals surface area contributed by atoms with Gasteiger partial charge in [0.15, 0.2) is 0 Å². The van der Waals surface area contributed by atoms with Gasteiger partial charge in [-0.15, -0.1) is 0 Å². The third-order valence-corrected chi connectivity index (χ3v) is 4.06. The third-order valence-electron chi connectivity index (χ3n) is 3.15. The number of ether oxygens (including phenoxy) is 1. The summed E-state index contributed by atoms with van der Waals surface area (Å²) in [6.45, 7) is 0. The molecule has 1 unspecified atom stereocenters. The average Bonchev–Trinajstić information content (AvgIpc) is 2.46. The van der Waals surface area contributed by atoms with Crippen LogP contribution in [0.1, 0.15) is 17.2 Å². The Labute approximate surface area is 135 Å². The predicted molar refractivity (Wildman–Crippen MR) is 83.0 cm³/mol. The Morgan fingerprint density at radius 1 is 1.19 bits per heavy atom. The normalized spacial score (nSPS) is 12.3. The number of halogens is 4. The Bertz CT molecular complexity index is 666. The zero-order valence-corrected chi connectivity index (χ0v) is 13.7. The van der Waals surface area contributed by atoms with Gasteiger partial charge in [0, 0.05) is 11.6 Å². The van der Waals surface area contributed by atoms with Crippen LogP contribution in [0.15, 0.2) is 34.8 Å². The standard InChI is InChI=1S/C15H13BrClF2NO/c1-20-15(8-3-4-11(17)13(19)5-8)9-6-10(16)12(18)7-14(9)21-2/h3-7,15,20H,1-2H3. The first-order valence-electron chi connectivity index (χ1n) is 6.13. The molecule has 0 bridgehead atoms. The van der Waals surface area contributed by atoms with Gasteiger partial charge in [0.2, 0.25) is 0 Å². The van der Waals surface area contributed by atoms with Crippen molar-refractivity contribution in [2.45, 2.75) is 6.04 Å². The lowest BCUT2D eigenvalue weighted by molar-refractivity contribution is 0.401. The molecule has 2 aromatic carbocycles. The van der Waals surface area contributed by atoms with E-state index in [1.54, 1.807) is 19.2 Å². The van der Waals surface area contributed by atoms with Crippen LogP contribution in [0.4, 0.5) is 8.78 Å². The van der Waals surface area contributed by atoms with Gasteiger partial charge < -0.3 is 10.1 Å². The minimum atomic E-state index is -0.505. The van der Waals surface area contributed by atoms with Gasteiger partial charge in [-0.2, -0.15) is 0 Å². The summed E-state index contributed by atoms with van der Waals surface area (Å²) in [5.41, 5.74) is 1.35. The minimum Gasteiger partial charge on any atom is -0.496 e. The van der Waals surface area contributed by atoms with Gasteiger partial charge in [0.05, 0.1) is 22.6 Å². The van der Waals surface area contributed by atoms with Crippen molar-refractivity contribution in [1.29, 1.82) is 0 Å². The largest absolute Gasteiger partial charge is 0.496 e. The maximum absolute atomic E-state index is 13.7. The van der Waals surface area contributed by atoms with E-state index in [1.807, 2.05) is 0 Å². The summed E-state index contributed by atoms with van der Waals surface area (Å²) < 4.78 is 32.8. The first kappa shape index (κ1) is 16.2. The van der Waals surface area contributed by atoms with Crippen molar-refractivity contribution in [2.75, 3.05) is 14.2 Å². The molecule has 0 radical (unpaired) electrons. The Morgan fingerprint density at radius 3 is 2.48 bits per heavy atom. The lowest BCUT2D eigenvalue weighted by Gasteiger charge is -2.20. The molecule has 6 heteroatoms. The highest BCUT2D eigenvalue weighted by atomic mass is 79.9. The molecular formula is C15H13BrClF2NO. The van der Waals surface area contributed by atoms with Gasteiger partial charge in [0.1, 0.15) is 17.4 Å². The smallest absolute Gasteiger partial charge is 0.142 e. The summed E-state index contributed by atoms with van der Waals surface area (Å²) >= 11 is 8.85. The minimum absolute atomic E-state index is 0.0563. The third kappa shape index (κ3) is 3.36. The molecule has 2 aromatic rings. The summed E-state index contributed by atoms with van der Waals surface area (Å²) in [6, 6.07) is 7.09. The van der Waals surface area contributed by atoms with Crippen LogP contribution >= 0.6 is 27.5 Å². The molecule has 21 heavy (non-hydrogen) atoms. The fourth-order valence-electron chi connectivity index (χ4n) is 2.14. The van der Waals surface area contributed by atoms with E-state index in [0.717, 1.165) is 0 Å². The molecule has 1 N–H and O–H groups in total. The molecular weight excluding hydrogens is 364 g/mol. The quantitative estimate of drug-likeness (QED) is 0.835. The second kappa shape index (κ2) is 6.73. The fraction of sp³-hybridized carbons (Fsp3) is 0.200. The molecule has 0 spiro atoms. The van der Waals surface area contributed by atoms with Crippen LogP contribution in [-0.4, -0.2) is 14.2 Å². The predicted octanol–water partition coefficient (Wildman–Crippen LogP) is 4.70. The van der Waals surface area contributed by atoms with Crippen molar-refractivity contribution < 1.29 is 13.5 Å². The van der Waals surface area contributed by atoms with E-state index >= 15 is 0 Å². The van der Waals surface area contributed by atoms with Gasteiger partial charge in [-0.3, -0.25) is 0 Å². The lowest BCUT2D eigenvalue weighted by atomic mass is 9.97. The Morgan fingerprint density at radius 2 is 1.90 bits per heavy atom. The molecule has 0 aliphatic heterocycles. The fourth-order valence-corrected chi connectivity index (χ4v) is 2.62. The number of hydrogen-bond acceptors (Lipinski definition) is 2. The van der Waals surface area contributed by atoms with Crippen LogP contribution in [0, 0.1) is 11.6 Å². The summed E-state index contributed by atoms with van der Waals surface area (Å²) in [7, 11) is 3.19. The summed E-state index contributed by atoms with van der Waals surface area (Å²) in [6.07, 6.45) is 0. The topological polar surface area (TPSA) is 21.3 Å². The molecule has 1 atom stereocenters. The van der Waals surface area contributed by atoms with E-state index in [1.165, 1.54) is 25.3 Å². The van der Waals surface area contributed by atoms with Gasteiger partial charge in [-0.25, -0.2) is 8.78 Å². The van der Waals surface area contributed by atoms with E-state index in [-0.39, 0.29) is 11.1 Å². The Balaban J connectivity index is 2.55. The van der Waals surface area contributed by atoms with Crippen molar-refractivity contribution in [3.63, 3.8) is 0 Å². The van der Waals surface area contributed by atoms with Gasteiger partial charge in [-0.05, 0) is 46.7 Å². The molecule has 0 heterocycles. The Hall–Kier alpha value is -1.17. The van der Waals surface area contributed by atoms with Crippen molar-refractivity contribution in [3.8, 4) is 5.75 Å². The highest BCUT2D eigenvalue weighted by molar-refractivity contribution is 9.10. The molecule has 0 aliphatic carbocycles. The molecule has 0 amide bonds. The molecule has 0 aromatic heterocycles. The SMILES string of the molecule is CNC(c1ccc(Cl)c(F)c1)c1cc(Br)c(F)cc1OC. The zero-order chi connectivity index (χ0) is 15.6. The van der Waals surface area contributed by atoms with Crippen molar-refractivity contribution in [2.24, 2.45) is 0 Å². The molecule has 0 fully saturated rings. The molecule has 2 nitrogen and oxygen atoms in total. The maximum Gasteiger partial charge on any atom is 0.142 e. The molecule has 0 aliphatic rings. The van der Waals surface area contributed by atoms with Crippen molar-refractivity contribution in [3.05, 3.63) is 62.6 Å². The number of nitrogens with one attached hydrogen (secondary N) is 1. The highest BCUT2D eigenvalue weighted by Gasteiger charge is 2.20. The van der Waals surface area contributed by atoms with Crippen LogP contribution in [0.5, 0.6) is 5.75 Å². The number of methoxy groups -OCH3 is 1. The summed E-state index contributed by atoms with van der Waals surface area (Å²) in [5.74, 6) is -0.548. The molecule has 0 saturated heterocycles. The Kier molecular flexibility index (Phi) is 5.19. The zero-order valence-electron chi connectivity index (χ0n) is 11.4. The van der Waals surface area contributed by atoms with Crippen LogP contribution in [0.25, 0.3) is 0 Å². The number of hydrogen-bond donors (Lipinski definition) is 1. The van der Waals surface area contributed by atoms with Crippen LogP contribution in [0.2, 0.25) is 5.02 Å². The van der Waals surface area contributed by atoms with E-state index in [2.05, 4.69) is 21.2 Å². The van der Waals surface area contributed by atoms with Crippen LogP contribution < -0.4 is 10.1 Å². The van der Waals surface area contributed by atoms with E-state index in [4.69, 9.17) is 16.3 Å². The van der Waals surface area contributed by atoms with Gasteiger partial charge in [0.25, 0.3) is 0 Å². The van der Waals surface area contributed by atoms with Crippen molar-refractivity contribution >= 4 is 27.5 Å². The van der Waals surface area contributed by atoms with Crippen LogP contribution in [-0.2, 0) is 0 Å². The first-order chi connectivity index (χ1) is 9.97. The van der Waals surface area contributed by atoms with Crippen LogP contribution in [0.3, 0.4) is 0 Å². The molecule has 0 saturated carbocycles. The second-order valence-electron chi connectivity index (χ2n) is 4.40. The number of benzene rings is 2. The van der Waals surface area contributed by atoms with E-state index in [0.29, 0.717) is 21.3 Å². The maximum atomic E-state index is 13.7. The average molecular weight is 377 g/mol. The van der Waals surface area contributed by atoms with Crippen molar-refractivity contribution in [1.82, 2.24) is 5.32 Å². The first-order valence-corrected chi connectivity index (χ1v) is 7.30. The summed E-state index contributed by atoms with van der Waals surface area (Å²) in [5, 5.41) is 3.13. The number of rotatable bonds is 4. The molecule has 112 valence electrons. The van der Waals surface area contributed by atoms with Gasteiger partial charge >= 0.3 is 0 Å². The lowest BCUT2D eigenvalue weighted by Crippen LogP contribution is -2.19. The van der Waals surface area contributed by atoms with E-state index < -0.39 is 11.6 Å². The monoisotopic (exact) mass is 375 g/mol. The molecule has 2 rings (SSSR count).